The van der Waals surface area contributed by atoms with Crippen molar-refractivity contribution >= 4 is 38.9 Å². The fourth-order valence-electron chi connectivity index (χ4n) is 2.83. The summed E-state index contributed by atoms with van der Waals surface area (Å²) in [6.45, 7) is 4.31. The maximum atomic E-state index is 6.18. The van der Waals surface area contributed by atoms with E-state index in [1.165, 1.54) is 16.9 Å². The van der Waals surface area contributed by atoms with Crippen molar-refractivity contribution in [3.05, 3.63) is 55.6 Å². The Labute approximate surface area is 143 Å². The summed E-state index contributed by atoms with van der Waals surface area (Å²) in [7, 11) is 0. The zero-order valence-electron chi connectivity index (χ0n) is 11.7. The van der Waals surface area contributed by atoms with Crippen LogP contribution >= 0.6 is 38.9 Å². The molecule has 3 rings (SSSR count). The number of halogens is 2. The molecule has 2 nitrogen and oxygen atoms in total. The van der Waals surface area contributed by atoms with Crippen molar-refractivity contribution in [2.45, 2.75) is 12.5 Å². The average molecular weight is 386 g/mol. The van der Waals surface area contributed by atoms with Crippen LogP contribution in [0, 0.1) is 0 Å². The summed E-state index contributed by atoms with van der Waals surface area (Å²) in [5.74, 6) is 0. The van der Waals surface area contributed by atoms with Crippen molar-refractivity contribution in [3.63, 3.8) is 0 Å². The van der Waals surface area contributed by atoms with E-state index in [-0.39, 0.29) is 6.04 Å². The zero-order chi connectivity index (χ0) is 14.7. The lowest BCUT2D eigenvalue weighted by Crippen LogP contribution is -2.32. The van der Waals surface area contributed by atoms with Gasteiger partial charge in [-0.2, -0.15) is 0 Å². The number of hydrogen-bond acceptors (Lipinski definition) is 3. The molecular weight excluding hydrogens is 368 g/mol. The van der Waals surface area contributed by atoms with Gasteiger partial charge in [0.15, 0.2) is 0 Å². The van der Waals surface area contributed by atoms with Crippen LogP contribution in [-0.4, -0.2) is 31.1 Å². The maximum absolute atomic E-state index is 6.18. The summed E-state index contributed by atoms with van der Waals surface area (Å²) in [6, 6.07) is 12.9. The highest BCUT2D eigenvalue weighted by molar-refractivity contribution is 9.10. The van der Waals surface area contributed by atoms with E-state index in [0.717, 1.165) is 35.0 Å². The molecule has 21 heavy (non-hydrogen) atoms. The Morgan fingerprint density at radius 1 is 1.14 bits per heavy atom. The van der Waals surface area contributed by atoms with Gasteiger partial charge in [-0.15, -0.1) is 11.3 Å². The predicted octanol–water partition coefficient (Wildman–Crippen LogP) is 4.55. The molecule has 0 bridgehead atoms. The zero-order valence-corrected chi connectivity index (χ0v) is 14.8. The molecule has 0 radical (unpaired) electrons. The normalized spacial score (nSPS) is 18.4. The van der Waals surface area contributed by atoms with E-state index < -0.39 is 0 Å². The Morgan fingerprint density at radius 2 is 2.00 bits per heavy atom. The van der Waals surface area contributed by atoms with Crippen LogP contribution in [0.4, 0.5) is 0 Å². The van der Waals surface area contributed by atoms with Crippen molar-refractivity contribution < 1.29 is 0 Å². The third kappa shape index (κ3) is 3.69. The first-order valence-corrected chi connectivity index (χ1v) is 9.19. The van der Waals surface area contributed by atoms with E-state index in [9.17, 15) is 0 Å². The monoisotopic (exact) mass is 384 g/mol. The van der Waals surface area contributed by atoms with Crippen LogP contribution in [0.3, 0.4) is 0 Å². The molecule has 1 unspecified atom stereocenters. The molecule has 5 heteroatoms. The summed E-state index contributed by atoms with van der Waals surface area (Å²) in [5.41, 5.74) is 1.32. The summed E-state index contributed by atoms with van der Waals surface area (Å²) >= 11 is 11.6. The lowest BCUT2D eigenvalue weighted by atomic mass is 10.0. The predicted molar refractivity (Wildman–Crippen MR) is 94.4 cm³/mol. The molecule has 112 valence electrons. The quantitative estimate of drug-likeness (QED) is 0.834. The van der Waals surface area contributed by atoms with Crippen LogP contribution in [0.25, 0.3) is 0 Å². The Hall–Kier alpha value is -0.390. The lowest BCUT2D eigenvalue weighted by molar-refractivity contribution is 0.243. The number of benzene rings is 1. The molecule has 1 aromatic carbocycles. The number of nitrogens with one attached hydrogen (secondary N) is 1. The van der Waals surface area contributed by atoms with Crippen molar-refractivity contribution in [1.29, 1.82) is 0 Å². The fraction of sp³-hybridized carbons (Fsp3) is 0.375. The van der Waals surface area contributed by atoms with Crippen LogP contribution in [-0.2, 0) is 0 Å². The molecule has 1 N–H and O–H groups in total. The van der Waals surface area contributed by atoms with Crippen molar-refractivity contribution in [2.75, 3.05) is 26.2 Å². The minimum Gasteiger partial charge on any atom is -0.315 e. The van der Waals surface area contributed by atoms with Gasteiger partial charge in [-0.05, 0) is 36.7 Å². The van der Waals surface area contributed by atoms with Gasteiger partial charge in [0.1, 0.15) is 0 Å². The first-order valence-electron chi connectivity index (χ1n) is 7.20. The van der Waals surface area contributed by atoms with E-state index >= 15 is 0 Å². The molecule has 0 saturated carbocycles. The van der Waals surface area contributed by atoms with Gasteiger partial charge in [-0.25, -0.2) is 0 Å². The Kier molecular flexibility index (Phi) is 5.35. The third-order valence-corrected chi connectivity index (χ3v) is 5.81. The maximum Gasteiger partial charge on any atom is 0.0931 e. The lowest BCUT2D eigenvalue weighted by Gasteiger charge is -2.30. The van der Waals surface area contributed by atoms with E-state index in [1.807, 2.05) is 6.07 Å². The number of hydrogen-bond donors (Lipinski definition) is 1. The van der Waals surface area contributed by atoms with Crippen molar-refractivity contribution in [1.82, 2.24) is 10.2 Å². The molecule has 2 heterocycles. The van der Waals surface area contributed by atoms with Crippen LogP contribution in [0.5, 0.6) is 0 Å². The number of rotatable bonds is 3. The van der Waals surface area contributed by atoms with E-state index in [1.54, 1.807) is 11.3 Å². The van der Waals surface area contributed by atoms with Crippen LogP contribution in [0.15, 0.2) is 40.9 Å². The molecule has 1 aliphatic heterocycles. The van der Waals surface area contributed by atoms with Gasteiger partial charge < -0.3 is 5.32 Å². The molecule has 0 aliphatic carbocycles. The second-order valence-electron chi connectivity index (χ2n) is 5.21. The highest BCUT2D eigenvalue weighted by atomic mass is 79.9. The molecule has 1 aliphatic rings. The van der Waals surface area contributed by atoms with Crippen LogP contribution < -0.4 is 5.32 Å². The van der Waals surface area contributed by atoms with Gasteiger partial charge in [-0.3, -0.25) is 4.90 Å². The molecule has 1 aromatic heterocycles. The Balaban J connectivity index is 2.00. The molecule has 1 atom stereocenters. The Bertz CT molecular complexity index is 593. The van der Waals surface area contributed by atoms with Gasteiger partial charge in [0.05, 0.1) is 10.4 Å². The average Bonchev–Trinajstić information content (AvgIpc) is 2.74. The van der Waals surface area contributed by atoms with E-state index in [2.05, 4.69) is 56.5 Å². The summed E-state index contributed by atoms with van der Waals surface area (Å²) < 4.78 is 2.02. The highest BCUT2D eigenvalue weighted by Crippen LogP contribution is 2.38. The minimum absolute atomic E-state index is 0.276. The summed E-state index contributed by atoms with van der Waals surface area (Å²) in [6.07, 6.45) is 1.18. The summed E-state index contributed by atoms with van der Waals surface area (Å²) in [4.78, 5) is 3.87. The largest absolute Gasteiger partial charge is 0.315 e. The second kappa shape index (κ2) is 7.25. The topological polar surface area (TPSA) is 15.3 Å². The minimum atomic E-state index is 0.276. The van der Waals surface area contributed by atoms with Gasteiger partial charge in [0, 0.05) is 29.0 Å². The molecule has 1 fully saturated rings. The van der Waals surface area contributed by atoms with Gasteiger partial charge in [0.25, 0.3) is 0 Å². The van der Waals surface area contributed by atoms with E-state index in [0.29, 0.717) is 0 Å². The third-order valence-electron chi connectivity index (χ3n) is 3.80. The van der Waals surface area contributed by atoms with Crippen LogP contribution in [0.1, 0.15) is 22.9 Å². The molecule has 0 spiro atoms. The molecule has 1 saturated heterocycles. The van der Waals surface area contributed by atoms with Gasteiger partial charge in [-0.1, -0.05) is 45.7 Å². The second-order valence-corrected chi connectivity index (χ2v) is 7.81. The molecule has 2 aromatic rings. The standard InChI is InChI=1S/C16H18BrClN2S/c17-13-5-2-1-4-12(13)16(14-6-7-15(18)21-14)20-10-3-8-19-9-11-20/h1-2,4-7,16,19H,3,8-11H2. The van der Waals surface area contributed by atoms with E-state index in [4.69, 9.17) is 11.6 Å². The first kappa shape index (κ1) is 15.5. The highest BCUT2D eigenvalue weighted by Gasteiger charge is 2.26. The van der Waals surface area contributed by atoms with Crippen molar-refractivity contribution in [3.8, 4) is 0 Å². The van der Waals surface area contributed by atoms with Gasteiger partial charge >= 0.3 is 0 Å². The first-order chi connectivity index (χ1) is 10.3. The molecular formula is C16H18BrClN2S. The number of thiophene rings is 1. The number of nitrogens with zero attached hydrogens (tertiary/aromatic N) is 1. The smallest absolute Gasteiger partial charge is 0.0931 e. The SMILES string of the molecule is Clc1ccc(C(c2ccccc2Br)N2CCCNCC2)s1. The summed E-state index contributed by atoms with van der Waals surface area (Å²) in [5, 5.41) is 3.48. The van der Waals surface area contributed by atoms with Crippen molar-refractivity contribution in [2.24, 2.45) is 0 Å². The van der Waals surface area contributed by atoms with Gasteiger partial charge in [0.2, 0.25) is 0 Å². The Morgan fingerprint density at radius 3 is 2.76 bits per heavy atom. The molecule has 0 amide bonds. The van der Waals surface area contributed by atoms with Crippen LogP contribution in [0.2, 0.25) is 4.34 Å². The fourth-order valence-corrected chi connectivity index (χ4v) is 4.54.